The molecular formula is C15H15F3N8. The summed E-state index contributed by atoms with van der Waals surface area (Å²) in [4.78, 5) is 9.45. The van der Waals surface area contributed by atoms with Crippen LogP contribution in [0, 0.1) is 0 Å². The third-order valence-corrected chi connectivity index (χ3v) is 4.09. The number of rotatable bonds is 4. The maximum atomic E-state index is 12.7. The highest BCUT2D eigenvalue weighted by molar-refractivity contribution is 5.46. The molecule has 0 aromatic carbocycles. The summed E-state index contributed by atoms with van der Waals surface area (Å²) in [5, 5.41) is 15.4. The monoisotopic (exact) mass is 364 g/mol. The van der Waals surface area contributed by atoms with Crippen LogP contribution in [0.4, 0.5) is 24.9 Å². The van der Waals surface area contributed by atoms with Gasteiger partial charge in [-0.15, -0.1) is 15.3 Å². The first-order chi connectivity index (χ1) is 12.5. The van der Waals surface area contributed by atoms with E-state index in [2.05, 4.69) is 35.5 Å². The van der Waals surface area contributed by atoms with Crippen LogP contribution >= 0.6 is 0 Å². The van der Waals surface area contributed by atoms with E-state index in [4.69, 9.17) is 0 Å². The summed E-state index contributed by atoms with van der Waals surface area (Å²) in [5.74, 6) is 1.15. The number of alkyl halides is 3. The molecule has 1 N–H and O–H groups in total. The molecule has 0 aliphatic carbocycles. The topological polar surface area (TPSA) is 84.1 Å². The average Bonchev–Trinajstić information content (AvgIpc) is 3.29. The van der Waals surface area contributed by atoms with Crippen LogP contribution < -0.4 is 10.2 Å². The van der Waals surface area contributed by atoms with Crippen LogP contribution in [-0.2, 0) is 12.7 Å². The molecule has 1 fully saturated rings. The SMILES string of the molecule is FC(F)(F)c1ccnc(NCc2nnc3ccc(N4CCCC4)nn23)n1. The van der Waals surface area contributed by atoms with Gasteiger partial charge >= 0.3 is 6.18 Å². The Morgan fingerprint density at radius 2 is 1.88 bits per heavy atom. The van der Waals surface area contributed by atoms with Crippen molar-refractivity contribution in [1.82, 2.24) is 29.8 Å². The molecule has 0 amide bonds. The molecule has 3 aromatic rings. The van der Waals surface area contributed by atoms with E-state index in [1.807, 2.05) is 12.1 Å². The number of nitrogens with one attached hydrogen (secondary N) is 1. The number of hydrogen-bond acceptors (Lipinski definition) is 7. The van der Waals surface area contributed by atoms with Crippen molar-refractivity contribution in [2.75, 3.05) is 23.3 Å². The second kappa shape index (κ2) is 6.39. The summed E-state index contributed by atoms with van der Waals surface area (Å²) in [7, 11) is 0. The lowest BCUT2D eigenvalue weighted by Gasteiger charge is -2.15. The Morgan fingerprint density at radius 3 is 2.65 bits per heavy atom. The van der Waals surface area contributed by atoms with Gasteiger partial charge in [0.2, 0.25) is 5.95 Å². The summed E-state index contributed by atoms with van der Waals surface area (Å²) < 4.78 is 39.7. The molecule has 0 radical (unpaired) electrons. The number of halogens is 3. The van der Waals surface area contributed by atoms with Gasteiger partial charge < -0.3 is 10.2 Å². The second-order valence-electron chi connectivity index (χ2n) is 5.89. The fourth-order valence-corrected chi connectivity index (χ4v) is 2.81. The maximum Gasteiger partial charge on any atom is 0.433 e. The zero-order valence-electron chi connectivity index (χ0n) is 13.6. The van der Waals surface area contributed by atoms with E-state index in [1.54, 1.807) is 4.52 Å². The number of fused-ring (bicyclic) bond motifs is 1. The molecule has 0 atom stereocenters. The quantitative estimate of drug-likeness (QED) is 0.759. The lowest BCUT2D eigenvalue weighted by molar-refractivity contribution is -0.141. The molecule has 0 saturated carbocycles. The smallest absolute Gasteiger partial charge is 0.355 e. The van der Waals surface area contributed by atoms with Crippen LogP contribution in [0.25, 0.3) is 5.65 Å². The first kappa shape index (κ1) is 16.5. The predicted octanol–water partition coefficient (Wildman–Crippen LogP) is 2.15. The van der Waals surface area contributed by atoms with Crippen molar-refractivity contribution >= 4 is 17.4 Å². The molecule has 4 rings (SSSR count). The van der Waals surface area contributed by atoms with Gasteiger partial charge in [-0.1, -0.05) is 0 Å². The Morgan fingerprint density at radius 1 is 1.08 bits per heavy atom. The van der Waals surface area contributed by atoms with Crippen LogP contribution in [-0.4, -0.2) is 42.9 Å². The fraction of sp³-hybridized carbons (Fsp3) is 0.400. The molecule has 11 heteroatoms. The van der Waals surface area contributed by atoms with E-state index in [9.17, 15) is 13.2 Å². The zero-order chi connectivity index (χ0) is 18.1. The minimum atomic E-state index is -4.52. The standard InChI is InChI=1S/C15H15F3N8/c16-15(17,18)10-5-6-19-14(21-10)20-9-13-23-22-11-3-4-12(24-26(11)13)25-7-1-2-8-25/h3-6H,1-2,7-9H2,(H,19,20,21). The van der Waals surface area contributed by atoms with Crippen LogP contribution in [0.2, 0.25) is 0 Å². The van der Waals surface area contributed by atoms with Crippen molar-refractivity contribution < 1.29 is 13.2 Å². The zero-order valence-corrected chi connectivity index (χ0v) is 13.6. The summed E-state index contributed by atoms with van der Waals surface area (Å²) in [6, 6.07) is 4.53. The Labute approximate surface area is 146 Å². The van der Waals surface area contributed by atoms with Crippen molar-refractivity contribution in [3.63, 3.8) is 0 Å². The van der Waals surface area contributed by atoms with Crippen molar-refractivity contribution in [3.8, 4) is 0 Å². The molecule has 1 aliphatic rings. The van der Waals surface area contributed by atoms with Gasteiger partial charge in [-0.3, -0.25) is 0 Å². The predicted molar refractivity (Wildman–Crippen MR) is 86.6 cm³/mol. The van der Waals surface area contributed by atoms with Crippen molar-refractivity contribution in [2.24, 2.45) is 0 Å². The van der Waals surface area contributed by atoms with Gasteiger partial charge in [-0.2, -0.15) is 17.7 Å². The second-order valence-corrected chi connectivity index (χ2v) is 5.89. The number of anilines is 2. The van der Waals surface area contributed by atoms with Gasteiger partial charge in [-0.25, -0.2) is 9.97 Å². The molecule has 136 valence electrons. The maximum absolute atomic E-state index is 12.7. The highest BCUT2D eigenvalue weighted by Gasteiger charge is 2.32. The Kier molecular flexibility index (Phi) is 4.05. The summed E-state index contributed by atoms with van der Waals surface area (Å²) in [6.07, 6.45) is -1.21. The Balaban J connectivity index is 1.55. The first-order valence-electron chi connectivity index (χ1n) is 8.11. The molecule has 1 aliphatic heterocycles. The number of aromatic nitrogens is 6. The summed E-state index contributed by atoms with van der Waals surface area (Å²) in [5.41, 5.74) is -0.440. The highest BCUT2D eigenvalue weighted by Crippen LogP contribution is 2.27. The molecule has 3 aromatic heterocycles. The molecular weight excluding hydrogens is 349 g/mol. The lowest BCUT2D eigenvalue weighted by Crippen LogP contribution is -2.20. The molecule has 4 heterocycles. The molecule has 1 saturated heterocycles. The van der Waals surface area contributed by atoms with Gasteiger partial charge in [0, 0.05) is 19.3 Å². The van der Waals surface area contributed by atoms with Crippen LogP contribution in [0.3, 0.4) is 0 Å². The Bertz CT molecular complexity index is 917. The fourth-order valence-electron chi connectivity index (χ4n) is 2.81. The van der Waals surface area contributed by atoms with E-state index in [-0.39, 0.29) is 12.5 Å². The van der Waals surface area contributed by atoms with Gasteiger partial charge in [0.25, 0.3) is 0 Å². The van der Waals surface area contributed by atoms with Gasteiger partial charge in [0.05, 0.1) is 6.54 Å². The normalized spacial score (nSPS) is 15.0. The third-order valence-electron chi connectivity index (χ3n) is 4.09. The summed E-state index contributed by atoms with van der Waals surface area (Å²) >= 11 is 0. The van der Waals surface area contributed by atoms with Crippen LogP contribution in [0.5, 0.6) is 0 Å². The van der Waals surface area contributed by atoms with Crippen molar-refractivity contribution in [2.45, 2.75) is 25.6 Å². The Hall–Kier alpha value is -2.98. The molecule has 0 unspecified atom stereocenters. The molecule has 0 spiro atoms. The largest absolute Gasteiger partial charge is 0.433 e. The van der Waals surface area contributed by atoms with E-state index < -0.39 is 11.9 Å². The van der Waals surface area contributed by atoms with E-state index in [0.717, 1.165) is 44.0 Å². The minimum Gasteiger partial charge on any atom is -0.355 e. The van der Waals surface area contributed by atoms with Crippen molar-refractivity contribution in [1.29, 1.82) is 0 Å². The van der Waals surface area contributed by atoms with Gasteiger partial charge in [0.15, 0.2) is 11.5 Å². The van der Waals surface area contributed by atoms with Crippen LogP contribution in [0.1, 0.15) is 24.4 Å². The minimum absolute atomic E-state index is 0.0962. The van der Waals surface area contributed by atoms with E-state index in [1.165, 1.54) is 0 Å². The molecule has 8 nitrogen and oxygen atoms in total. The van der Waals surface area contributed by atoms with Crippen molar-refractivity contribution in [3.05, 3.63) is 35.9 Å². The van der Waals surface area contributed by atoms with Gasteiger partial charge in [-0.05, 0) is 31.0 Å². The highest BCUT2D eigenvalue weighted by atomic mass is 19.4. The first-order valence-corrected chi connectivity index (χ1v) is 8.11. The third kappa shape index (κ3) is 3.24. The molecule has 0 bridgehead atoms. The lowest BCUT2D eigenvalue weighted by atomic mass is 10.4. The van der Waals surface area contributed by atoms with Gasteiger partial charge in [0.1, 0.15) is 11.5 Å². The van der Waals surface area contributed by atoms with Crippen LogP contribution in [0.15, 0.2) is 24.4 Å². The average molecular weight is 364 g/mol. The van der Waals surface area contributed by atoms with E-state index in [0.29, 0.717) is 11.5 Å². The number of hydrogen-bond donors (Lipinski definition) is 1. The summed E-state index contributed by atoms with van der Waals surface area (Å²) in [6.45, 7) is 2.00. The number of nitrogens with zero attached hydrogens (tertiary/aromatic N) is 7. The molecule has 26 heavy (non-hydrogen) atoms. The van der Waals surface area contributed by atoms with E-state index >= 15 is 0 Å².